The molecule has 0 saturated carbocycles. The van der Waals surface area contributed by atoms with E-state index in [9.17, 15) is 4.79 Å². The molecule has 3 aromatic rings. The number of nitrogens with one attached hydrogen (secondary N) is 1. The number of hydrogen-bond donors (Lipinski definition) is 1. The lowest BCUT2D eigenvalue weighted by molar-refractivity contribution is -0.121. The van der Waals surface area contributed by atoms with Crippen molar-refractivity contribution < 1.29 is 19.0 Å². The number of fused-ring (bicyclic) bond motifs is 1. The van der Waals surface area contributed by atoms with Crippen LogP contribution in [0.25, 0.3) is 0 Å². The lowest BCUT2D eigenvalue weighted by atomic mass is 9.96. The highest BCUT2D eigenvalue weighted by Crippen LogP contribution is 2.32. The third-order valence-electron chi connectivity index (χ3n) is 5.02. The molecule has 1 atom stereocenters. The van der Waals surface area contributed by atoms with Gasteiger partial charge in [-0.1, -0.05) is 30.3 Å². The van der Waals surface area contributed by atoms with Gasteiger partial charge in [-0.15, -0.1) is 0 Å². The van der Waals surface area contributed by atoms with E-state index < -0.39 is 0 Å². The highest BCUT2D eigenvalue weighted by Gasteiger charge is 2.26. The van der Waals surface area contributed by atoms with Crippen molar-refractivity contribution in [1.29, 1.82) is 0 Å². The minimum atomic E-state index is -0.250. The van der Waals surface area contributed by atoms with E-state index in [4.69, 9.17) is 14.2 Å². The molecule has 2 heterocycles. The first-order valence-corrected chi connectivity index (χ1v) is 9.43. The maximum Gasteiger partial charge on any atom is 0.232 e. The van der Waals surface area contributed by atoms with E-state index in [-0.39, 0.29) is 11.8 Å². The fraction of sp³-hybridized carbons (Fsp3) is 0.273. The number of carbonyl (C=O) groups is 1. The number of aromatic nitrogens is 2. The maximum atomic E-state index is 12.8. The quantitative estimate of drug-likeness (QED) is 0.696. The summed E-state index contributed by atoms with van der Waals surface area (Å²) < 4.78 is 18.3. The van der Waals surface area contributed by atoms with E-state index in [1.807, 2.05) is 42.5 Å². The van der Waals surface area contributed by atoms with Crippen molar-refractivity contribution in [3.63, 3.8) is 0 Å². The van der Waals surface area contributed by atoms with Crippen LogP contribution in [0.15, 0.2) is 54.7 Å². The average Bonchev–Trinajstić information content (AvgIpc) is 3.19. The first-order valence-electron chi connectivity index (χ1n) is 9.43. The molecule has 1 aromatic heterocycles. The monoisotopic (exact) mass is 393 g/mol. The topological polar surface area (TPSA) is 74.6 Å². The lowest BCUT2D eigenvalue weighted by Crippen LogP contribution is -2.33. The minimum Gasteiger partial charge on any atom is -0.493 e. The average molecular weight is 393 g/mol. The van der Waals surface area contributed by atoms with Gasteiger partial charge in [0.05, 0.1) is 32.9 Å². The molecule has 29 heavy (non-hydrogen) atoms. The Bertz CT molecular complexity index is 1010. The van der Waals surface area contributed by atoms with Gasteiger partial charge in [0.1, 0.15) is 18.2 Å². The van der Waals surface area contributed by atoms with Crippen LogP contribution < -0.4 is 19.5 Å². The van der Waals surface area contributed by atoms with Crippen LogP contribution in [0.1, 0.15) is 11.1 Å². The molecule has 0 saturated heterocycles. The van der Waals surface area contributed by atoms with Crippen molar-refractivity contribution in [1.82, 2.24) is 9.78 Å². The van der Waals surface area contributed by atoms with Crippen LogP contribution in [0, 0.1) is 5.92 Å². The van der Waals surface area contributed by atoms with Gasteiger partial charge in [0.15, 0.2) is 11.5 Å². The van der Waals surface area contributed by atoms with Crippen molar-refractivity contribution >= 4 is 11.7 Å². The maximum absolute atomic E-state index is 12.8. The number of nitrogens with zero attached hydrogens (tertiary/aromatic N) is 2. The van der Waals surface area contributed by atoms with Crippen molar-refractivity contribution in [2.75, 3.05) is 26.1 Å². The Labute approximate surface area is 169 Å². The second-order valence-corrected chi connectivity index (χ2v) is 6.84. The summed E-state index contributed by atoms with van der Waals surface area (Å²) in [5.74, 6) is 2.45. The van der Waals surface area contributed by atoms with Crippen molar-refractivity contribution in [3.05, 3.63) is 65.9 Å². The second kappa shape index (κ2) is 8.26. The van der Waals surface area contributed by atoms with Crippen molar-refractivity contribution in [3.8, 4) is 17.2 Å². The number of hydrogen-bond acceptors (Lipinski definition) is 5. The van der Waals surface area contributed by atoms with Crippen LogP contribution in [0.3, 0.4) is 0 Å². The van der Waals surface area contributed by atoms with Gasteiger partial charge in [0, 0.05) is 11.6 Å². The molecule has 1 unspecified atom stereocenters. The molecule has 4 rings (SSSR count). The molecule has 150 valence electrons. The summed E-state index contributed by atoms with van der Waals surface area (Å²) in [5.41, 5.74) is 1.95. The number of benzene rings is 2. The first-order chi connectivity index (χ1) is 14.2. The summed E-state index contributed by atoms with van der Waals surface area (Å²) in [6.07, 6.45) is 2.31. The van der Waals surface area contributed by atoms with Crippen LogP contribution in [-0.4, -0.2) is 36.5 Å². The molecule has 0 spiro atoms. The van der Waals surface area contributed by atoms with E-state index in [1.54, 1.807) is 31.2 Å². The van der Waals surface area contributed by atoms with Gasteiger partial charge in [0.2, 0.25) is 5.91 Å². The number of amides is 1. The van der Waals surface area contributed by atoms with Gasteiger partial charge in [-0.25, -0.2) is 4.68 Å². The predicted molar refractivity (Wildman–Crippen MR) is 109 cm³/mol. The summed E-state index contributed by atoms with van der Waals surface area (Å²) in [7, 11) is 3.21. The third-order valence-corrected chi connectivity index (χ3v) is 5.02. The van der Waals surface area contributed by atoms with Crippen LogP contribution in [0.2, 0.25) is 0 Å². The van der Waals surface area contributed by atoms with Gasteiger partial charge in [-0.05, 0) is 24.1 Å². The summed E-state index contributed by atoms with van der Waals surface area (Å²) in [4.78, 5) is 12.8. The molecule has 7 heteroatoms. The smallest absolute Gasteiger partial charge is 0.232 e. The Morgan fingerprint density at radius 1 is 1.17 bits per heavy atom. The van der Waals surface area contributed by atoms with Gasteiger partial charge < -0.3 is 19.5 Å². The van der Waals surface area contributed by atoms with Crippen molar-refractivity contribution in [2.24, 2.45) is 5.92 Å². The van der Waals surface area contributed by atoms with E-state index in [1.165, 1.54) is 0 Å². The van der Waals surface area contributed by atoms with E-state index >= 15 is 0 Å². The van der Waals surface area contributed by atoms with Gasteiger partial charge >= 0.3 is 0 Å². The molecular formula is C22H23N3O4. The SMILES string of the molecule is COc1cccc(Cn2nccc2NC(=O)C2COc3ccccc3C2)c1OC. The molecule has 7 nitrogen and oxygen atoms in total. The predicted octanol–water partition coefficient (Wildman–Crippen LogP) is 3.14. The zero-order chi connectivity index (χ0) is 20.2. The number of methoxy groups -OCH3 is 2. The molecule has 0 fully saturated rings. The molecule has 1 aliphatic rings. The molecule has 0 radical (unpaired) electrons. The Morgan fingerprint density at radius 2 is 2.03 bits per heavy atom. The Balaban J connectivity index is 1.49. The highest BCUT2D eigenvalue weighted by atomic mass is 16.5. The van der Waals surface area contributed by atoms with Crippen molar-refractivity contribution in [2.45, 2.75) is 13.0 Å². The van der Waals surface area contributed by atoms with Gasteiger partial charge in [-0.2, -0.15) is 5.10 Å². The number of rotatable bonds is 6. The second-order valence-electron chi connectivity index (χ2n) is 6.84. The highest BCUT2D eigenvalue weighted by molar-refractivity contribution is 5.92. The largest absolute Gasteiger partial charge is 0.493 e. The molecule has 0 bridgehead atoms. The molecular weight excluding hydrogens is 370 g/mol. The van der Waals surface area contributed by atoms with E-state index in [0.29, 0.717) is 36.9 Å². The zero-order valence-electron chi connectivity index (χ0n) is 16.4. The lowest BCUT2D eigenvalue weighted by Gasteiger charge is -2.24. The zero-order valence-corrected chi connectivity index (χ0v) is 16.4. The number of para-hydroxylation sites is 2. The summed E-state index contributed by atoms with van der Waals surface area (Å²) >= 11 is 0. The number of ether oxygens (including phenoxy) is 3. The molecule has 1 amide bonds. The summed E-state index contributed by atoms with van der Waals surface area (Å²) in [6, 6.07) is 15.3. The normalized spacial score (nSPS) is 15.2. The van der Waals surface area contributed by atoms with Crippen LogP contribution in [0.4, 0.5) is 5.82 Å². The Hall–Kier alpha value is -3.48. The van der Waals surface area contributed by atoms with Gasteiger partial charge in [-0.3, -0.25) is 4.79 Å². The van der Waals surface area contributed by atoms with Crippen LogP contribution in [0.5, 0.6) is 17.2 Å². The number of anilines is 1. The van der Waals surface area contributed by atoms with E-state index in [0.717, 1.165) is 16.9 Å². The van der Waals surface area contributed by atoms with Crippen LogP contribution in [-0.2, 0) is 17.8 Å². The summed E-state index contributed by atoms with van der Waals surface area (Å²) in [5, 5.41) is 7.34. The standard InChI is InChI=1S/C22H23N3O4/c1-27-19-9-5-7-16(21(19)28-2)13-25-20(10-11-23-25)24-22(26)17-12-15-6-3-4-8-18(15)29-14-17/h3-11,17H,12-14H2,1-2H3,(H,24,26). The minimum absolute atomic E-state index is 0.0844. The number of carbonyl (C=O) groups excluding carboxylic acids is 1. The third kappa shape index (κ3) is 3.89. The first kappa shape index (κ1) is 18.9. The Morgan fingerprint density at radius 3 is 2.86 bits per heavy atom. The fourth-order valence-electron chi connectivity index (χ4n) is 3.53. The molecule has 2 aromatic carbocycles. The molecule has 1 N–H and O–H groups in total. The fourth-order valence-corrected chi connectivity index (χ4v) is 3.53. The van der Waals surface area contributed by atoms with Gasteiger partial charge in [0.25, 0.3) is 0 Å². The Kier molecular flexibility index (Phi) is 5.37. The molecule has 1 aliphatic heterocycles. The molecule has 0 aliphatic carbocycles. The van der Waals surface area contributed by atoms with Crippen LogP contribution >= 0.6 is 0 Å². The summed E-state index contributed by atoms with van der Waals surface area (Å²) in [6.45, 7) is 0.799. The van der Waals surface area contributed by atoms with E-state index in [2.05, 4.69) is 10.4 Å².